The molecule has 0 spiro atoms. The van der Waals surface area contributed by atoms with Gasteiger partial charge in [-0.15, -0.1) is 0 Å². The van der Waals surface area contributed by atoms with Crippen molar-refractivity contribution < 1.29 is 19.2 Å². The minimum atomic E-state index is -1.10. The summed E-state index contributed by atoms with van der Waals surface area (Å²) in [6.07, 6.45) is 6.90. The number of carboxylic acids is 1. The molecule has 1 saturated carbocycles. The number of ether oxygens (including phenoxy) is 1. The summed E-state index contributed by atoms with van der Waals surface area (Å²) in [7, 11) is 0. The summed E-state index contributed by atoms with van der Waals surface area (Å²) in [5.41, 5.74) is 4.49. The maximum atomic E-state index is 11.8. The van der Waals surface area contributed by atoms with Gasteiger partial charge in [0.15, 0.2) is 5.82 Å². The summed E-state index contributed by atoms with van der Waals surface area (Å²) in [6, 6.07) is 10.4. The molecule has 4 heterocycles. The van der Waals surface area contributed by atoms with E-state index in [4.69, 9.17) is 25.8 Å². The van der Waals surface area contributed by atoms with Crippen LogP contribution in [0, 0.1) is 25.2 Å². The van der Waals surface area contributed by atoms with Crippen LogP contribution in [0.2, 0.25) is 5.02 Å². The van der Waals surface area contributed by atoms with Crippen molar-refractivity contribution in [2.75, 3.05) is 0 Å². The fraction of sp³-hybridized carbons (Fsp3) is 0.179. The number of hydrogen-bond acceptors (Lipinski definition) is 7. The number of aryl methyl sites for hydroxylation is 2. The molecule has 0 radical (unpaired) electrons. The first-order chi connectivity index (χ1) is 18.4. The Bertz CT molecular complexity index is 1780. The molecule has 1 aliphatic carbocycles. The van der Waals surface area contributed by atoms with Crippen LogP contribution in [-0.4, -0.2) is 36.9 Å². The first kappa shape index (κ1) is 23.7. The van der Waals surface area contributed by atoms with Gasteiger partial charge in [-0.05, 0) is 57.0 Å². The van der Waals surface area contributed by atoms with E-state index in [1.807, 2.05) is 19.9 Å². The van der Waals surface area contributed by atoms with Crippen molar-refractivity contribution >= 4 is 28.6 Å². The van der Waals surface area contributed by atoms with Crippen LogP contribution in [-0.2, 0) is 0 Å². The maximum absolute atomic E-state index is 11.8. The van der Waals surface area contributed by atoms with Crippen molar-refractivity contribution in [1.82, 2.24) is 19.7 Å². The fourth-order valence-electron chi connectivity index (χ4n) is 4.60. The van der Waals surface area contributed by atoms with Gasteiger partial charge in [-0.1, -0.05) is 16.8 Å². The second kappa shape index (κ2) is 9.01. The molecule has 6 rings (SSSR count). The molecule has 1 aromatic carbocycles. The van der Waals surface area contributed by atoms with Crippen molar-refractivity contribution in [2.24, 2.45) is 0 Å². The van der Waals surface area contributed by atoms with E-state index in [1.54, 1.807) is 35.3 Å². The van der Waals surface area contributed by atoms with Crippen LogP contribution in [0.25, 0.3) is 39.1 Å². The Morgan fingerprint density at radius 1 is 1.24 bits per heavy atom. The van der Waals surface area contributed by atoms with Gasteiger partial charge in [0.1, 0.15) is 23.2 Å². The number of carboxylic acid groups (broad SMARTS) is 1. The fourth-order valence-corrected chi connectivity index (χ4v) is 4.91. The van der Waals surface area contributed by atoms with Gasteiger partial charge in [0.05, 0.1) is 27.9 Å². The monoisotopic (exact) mass is 525 g/mol. The highest BCUT2D eigenvalue weighted by molar-refractivity contribution is 6.34. The van der Waals surface area contributed by atoms with Gasteiger partial charge in [-0.3, -0.25) is 4.57 Å². The minimum Gasteiger partial charge on any atom is -0.490 e. The molecule has 1 N–H and O–H groups in total. The van der Waals surface area contributed by atoms with Crippen LogP contribution in [0.5, 0.6) is 5.75 Å². The summed E-state index contributed by atoms with van der Waals surface area (Å²) in [6.45, 7) is 3.69. The number of aromatic carboxylic acids is 1. The molecule has 1 fully saturated rings. The van der Waals surface area contributed by atoms with Gasteiger partial charge in [-0.2, -0.15) is 5.26 Å². The molecule has 0 bridgehead atoms. The SMILES string of the molecule is Cc1noc(C)c1-c1cnc2c(c1)c(-c1c(Cl)cc(C(=O)O)cc1OC1CC1)cn2-c1ncccc1C#N. The zero-order valence-electron chi connectivity index (χ0n) is 20.4. The normalized spacial score (nSPS) is 13.0. The molecule has 0 saturated heterocycles. The molecular formula is C28H20ClN5O4. The molecule has 4 aromatic heterocycles. The predicted molar refractivity (Wildman–Crippen MR) is 140 cm³/mol. The summed E-state index contributed by atoms with van der Waals surface area (Å²) >= 11 is 6.76. The number of rotatable bonds is 6. The maximum Gasteiger partial charge on any atom is 0.335 e. The van der Waals surface area contributed by atoms with Crippen molar-refractivity contribution in [3.05, 3.63) is 76.5 Å². The molecule has 1 aliphatic rings. The van der Waals surface area contributed by atoms with E-state index in [0.29, 0.717) is 45.1 Å². The first-order valence-corrected chi connectivity index (χ1v) is 12.3. The van der Waals surface area contributed by atoms with Crippen LogP contribution in [0.1, 0.15) is 40.2 Å². The van der Waals surface area contributed by atoms with Gasteiger partial charge < -0.3 is 14.4 Å². The second-order valence-corrected chi connectivity index (χ2v) is 9.55. The molecule has 188 valence electrons. The molecule has 0 atom stereocenters. The molecule has 38 heavy (non-hydrogen) atoms. The molecule has 9 nitrogen and oxygen atoms in total. The van der Waals surface area contributed by atoms with Gasteiger partial charge in [0, 0.05) is 46.2 Å². The van der Waals surface area contributed by atoms with E-state index in [-0.39, 0.29) is 16.7 Å². The third-order valence-corrected chi connectivity index (χ3v) is 6.79. The number of fused-ring (bicyclic) bond motifs is 1. The number of carbonyl (C=O) groups is 1. The average molecular weight is 526 g/mol. The smallest absolute Gasteiger partial charge is 0.335 e. The lowest BCUT2D eigenvalue weighted by molar-refractivity contribution is 0.0696. The van der Waals surface area contributed by atoms with Gasteiger partial charge in [-0.25, -0.2) is 14.8 Å². The number of hydrogen-bond donors (Lipinski definition) is 1. The highest BCUT2D eigenvalue weighted by atomic mass is 35.5. The highest BCUT2D eigenvalue weighted by Gasteiger charge is 2.28. The topological polar surface area (TPSA) is 127 Å². The van der Waals surface area contributed by atoms with E-state index in [2.05, 4.69) is 16.2 Å². The number of aromatic nitrogens is 4. The van der Waals surface area contributed by atoms with E-state index < -0.39 is 5.97 Å². The summed E-state index contributed by atoms with van der Waals surface area (Å²) < 4.78 is 13.3. The first-order valence-electron chi connectivity index (χ1n) is 11.9. The van der Waals surface area contributed by atoms with Crippen LogP contribution in [0.3, 0.4) is 0 Å². The number of nitriles is 1. The van der Waals surface area contributed by atoms with Gasteiger partial charge >= 0.3 is 5.97 Å². The molecule has 5 aromatic rings. The van der Waals surface area contributed by atoms with Crippen molar-refractivity contribution in [2.45, 2.75) is 32.8 Å². The quantitative estimate of drug-likeness (QED) is 0.280. The number of nitrogens with zero attached hydrogens (tertiary/aromatic N) is 5. The number of pyridine rings is 2. The lowest BCUT2D eigenvalue weighted by Gasteiger charge is -2.14. The zero-order chi connectivity index (χ0) is 26.6. The predicted octanol–water partition coefficient (Wildman–Crippen LogP) is 6.12. The van der Waals surface area contributed by atoms with Crippen LogP contribution in [0.4, 0.5) is 0 Å². The Morgan fingerprint density at radius 3 is 2.74 bits per heavy atom. The van der Waals surface area contributed by atoms with Crippen molar-refractivity contribution in [3.8, 4) is 39.9 Å². The van der Waals surface area contributed by atoms with Crippen molar-refractivity contribution in [1.29, 1.82) is 5.26 Å². The molecule has 0 unspecified atom stereocenters. The third kappa shape index (κ3) is 3.96. The van der Waals surface area contributed by atoms with Crippen molar-refractivity contribution in [3.63, 3.8) is 0 Å². The molecule has 0 amide bonds. The van der Waals surface area contributed by atoms with E-state index in [0.717, 1.165) is 29.7 Å². The Morgan fingerprint density at radius 2 is 2.05 bits per heavy atom. The minimum absolute atomic E-state index is 0.000757. The Labute approximate surface area is 221 Å². The van der Waals surface area contributed by atoms with E-state index in [9.17, 15) is 15.2 Å². The van der Waals surface area contributed by atoms with Crippen LogP contribution < -0.4 is 4.74 Å². The summed E-state index contributed by atoms with van der Waals surface area (Å²) in [5.74, 6) is 0.339. The van der Waals surface area contributed by atoms with E-state index in [1.165, 1.54) is 12.1 Å². The molecule has 0 aliphatic heterocycles. The zero-order valence-corrected chi connectivity index (χ0v) is 21.2. The molecule has 10 heteroatoms. The highest BCUT2D eigenvalue weighted by Crippen LogP contribution is 2.45. The summed E-state index contributed by atoms with van der Waals surface area (Å²) in [4.78, 5) is 21.0. The Kier molecular flexibility index (Phi) is 5.62. The summed E-state index contributed by atoms with van der Waals surface area (Å²) in [5, 5.41) is 24.4. The Balaban J connectivity index is 1.67. The largest absolute Gasteiger partial charge is 0.490 e. The van der Waals surface area contributed by atoms with Gasteiger partial charge in [0.2, 0.25) is 0 Å². The van der Waals surface area contributed by atoms with Gasteiger partial charge in [0.25, 0.3) is 0 Å². The Hall–Kier alpha value is -4.68. The lowest BCUT2D eigenvalue weighted by Crippen LogP contribution is -2.03. The lowest BCUT2D eigenvalue weighted by atomic mass is 9.99. The molecular weight excluding hydrogens is 506 g/mol. The average Bonchev–Trinajstić information content (AvgIpc) is 3.56. The van der Waals surface area contributed by atoms with E-state index >= 15 is 0 Å². The van der Waals surface area contributed by atoms with Crippen LogP contribution >= 0.6 is 11.6 Å². The number of halogens is 1. The third-order valence-electron chi connectivity index (χ3n) is 6.49. The standard InChI is InChI=1S/C28H20ClN5O4/c1-14-24(15(2)38-33-14)18-8-20-21(13-34(27(20)32-12-18)26-16(11-30)4-3-7-31-26)25-22(29)9-17(28(35)36)10-23(25)37-19-5-6-19/h3-4,7-10,12-13,19H,5-6H2,1-2H3,(H,35,36). The number of benzene rings is 1. The van der Waals surface area contributed by atoms with Crippen LogP contribution in [0.15, 0.2) is 53.4 Å². The second-order valence-electron chi connectivity index (χ2n) is 9.15.